The number of aliphatic imine (C=N–C) groups is 4. The molecular weight excluding hydrogens is 290 g/mol. The van der Waals surface area contributed by atoms with Gasteiger partial charge in [-0.05, 0) is 0 Å². The minimum absolute atomic E-state index is 0.0141. The maximum absolute atomic E-state index is 9.98. The number of ether oxygens (including phenoxy) is 1. The van der Waals surface area contributed by atoms with Crippen molar-refractivity contribution in [2.75, 3.05) is 6.61 Å². The molecule has 3 rings (SSSR count). The van der Waals surface area contributed by atoms with Gasteiger partial charge in [-0.3, -0.25) is 0 Å². The molecule has 0 aromatic rings. The maximum atomic E-state index is 9.98. The molecule has 0 spiro atoms. The first-order chi connectivity index (χ1) is 9.46. The van der Waals surface area contributed by atoms with Crippen LogP contribution in [0, 0.1) is 0 Å². The van der Waals surface area contributed by atoms with E-state index in [9.17, 15) is 10.2 Å². The molecule has 0 saturated carbocycles. The van der Waals surface area contributed by atoms with Crippen molar-refractivity contribution in [1.82, 2.24) is 0 Å². The normalized spacial score (nSPS) is 43.1. The third-order valence-electron chi connectivity index (χ3n) is 3.27. The van der Waals surface area contributed by atoms with Crippen LogP contribution in [0.3, 0.4) is 0 Å². The summed E-state index contributed by atoms with van der Waals surface area (Å²) in [5.74, 6) is 0.200. The van der Waals surface area contributed by atoms with E-state index in [4.69, 9.17) is 27.2 Å². The first-order valence-electron chi connectivity index (χ1n) is 5.84. The summed E-state index contributed by atoms with van der Waals surface area (Å²) in [4.78, 5) is 15.8. The summed E-state index contributed by atoms with van der Waals surface area (Å²) in [5, 5.41) is 27.1. The number of nitrogens with two attached hydrogens (primary N) is 1. The van der Waals surface area contributed by atoms with E-state index >= 15 is 0 Å². The summed E-state index contributed by atoms with van der Waals surface area (Å²) in [5.41, 5.74) is 6.03. The van der Waals surface area contributed by atoms with Gasteiger partial charge in [0, 0.05) is 0 Å². The minimum atomic E-state index is -1.76. The van der Waals surface area contributed by atoms with E-state index in [1.165, 1.54) is 6.34 Å². The van der Waals surface area contributed by atoms with Crippen LogP contribution in [0.4, 0.5) is 0 Å². The van der Waals surface area contributed by atoms with Crippen molar-refractivity contribution in [3.05, 3.63) is 0 Å². The molecule has 3 aliphatic heterocycles. The van der Waals surface area contributed by atoms with Gasteiger partial charge in [0.1, 0.15) is 30.8 Å². The molecule has 9 nitrogen and oxygen atoms in total. The van der Waals surface area contributed by atoms with Gasteiger partial charge in [0.05, 0.1) is 6.61 Å². The highest BCUT2D eigenvalue weighted by Gasteiger charge is 2.54. The highest BCUT2D eigenvalue weighted by atomic mass is 35.5. The molecule has 1 fully saturated rings. The van der Waals surface area contributed by atoms with Crippen molar-refractivity contribution in [3.8, 4) is 0 Å². The maximum Gasteiger partial charge on any atom is 0.258 e. The summed E-state index contributed by atoms with van der Waals surface area (Å²) in [7, 11) is 0. The first-order valence-corrected chi connectivity index (χ1v) is 6.21. The third-order valence-corrected chi connectivity index (χ3v) is 3.65. The fourth-order valence-electron chi connectivity index (χ4n) is 2.25. The lowest BCUT2D eigenvalue weighted by Gasteiger charge is -2.29. The van der Waals surface area contributed by atoms with Gasteiger partial charge in [0.2, 0.25) is 0 Å². The summed E-state index contributed by atoms with van der Waals surface area (Å²) < 4.78 is 5.33. The Labute approximate surface area is 118 Å². The smallest absolute Gasteiger partial charge is 0.258 e. The van der Waals surface area contributed by atoms with Crippen molar-refractivity contribution < 1.29 is 20.1 Å². The Morgan fingerprint density at radius 3 is 2.75 bits per heavy atom. The number of aliphatic hydroxyl groups is 3. The van der Waals surface area contributed by atoms with Crippen molar-refractivity contribution in [1.29, 1.82) is 0 Å². The summed E-state index contributed by atoms with van der Waals surface area (Å²) in [6.07, 6.45) is -3.53. The molecule has 5 atom stereocenters. The zero-order valence-corrected chi connectivity index (χ0v) is 10.8. The molecule has 0 bridgehead atoms. The number of hydrogen-bond donors (Lipinski definition) is 4. The second-order valence-corrected chi connectivity index (χ2v) is 5.11. The van der Waals surface area contributed by atoms with Gasteiger partial charge in [-0.25, -0.2) is 20.0 Å². The molecule has 3 aliphatic rings. The molecular formula is C10H12ClN5O4. The van der Waals surface area contributed by atoms with Gasteiger partial charge in [0.15, 0.2) is 17.4 Å². The highest BCUT2D eigenvalue weighted by molar-refractivity contribution is 6.71. The lowest BCUT2D eigenvalue weighted by atomic mass is 10.1. The Kier molecular flexibility index (Phi) is 3.10. The molecule has 1 unspecified atom stereocenters. The molecule has 0 aromatic carbocycles. The van der Waals surface area contributed by atoms with Crippen LogP contribution in [-0.2, 0) is 4.74 Å². The SMILES string of the molecule is NC1=NC(Cl)([C@@H]2O[C@H](CO)[C@H](O)[C@H]2O)N=C2N=CN=C12. The molecule has 0 aromatic heterocycles. The van der Waals surface area contributed by atoms with Crippen molar-refractivity contribution >= 4 is 35.3 Å². The van der Waals surface area contributed by atoms with Gasteiger partial charge >= 0.3 is 0 Å². The standard InChI is InChI=1S/C10H12ClN5O4/c11-10(7-6(19)5(18)3(1-17)20-7)15-8(12)4-9(16-10)14-2-13-4/h2-3,5-7,17-19H,1H2,(H2,12,15)/t3-,5+,6-,7-,10?/m1/s1. The molecule has 20 heavy (non-hydrogen) atoms. The van der Waals surface area contributed by atoms with E-state index in [1.807, 2.05) is 0 Å². The average Bonchev–Trinajstić information content (AvgIpc) is 2.96. The number of amidine groups is 2. The molecule has 0 aliphatic carbocycles. The van der Waals surface area contributed by atoms with Crippen LogP contribution in [0.1, 0.15) is 0 Å². The number of alkyl halides is 1. The Hall–Kier alpha value is -1.39. The van der Waals surface area contributed by atoms with Crippen LogP contribution in [-0.4, -0.2) is 75.2 Å². The molecule has 0 amide bonds. The fourth-order valence-corrected chi connectivity index (χ4v) is 2.60. The number of halogens is 1. The highest BCUT2D eigenvalue weighted by Crippen LogP contribution is 2.37. The zero-order chi connectivity index (χ0) is 14.5. The van der Waals surface area contributed by atoms with Crippen LogP contribution < -0.4 is 5.73 Å². The lowest BCUT2D eigenvalue weighted by Crippen LogP contribution is -2.48. The second kappa shape index (κ2) is 4.57. The van der Waals surface area contributed by atoms with E-state index in [0.717, 1.165) is 0 Å². The van der Waals surface area contributed by atoms with Crippen LogP contribution in [0.5, 0.6) is 0 Å². The fraction of sp³-hybridized carbons (Fsp3) is 0.600. The van der Waals surface area contributed by atoms with Crippen LogP contribution in [0.25, 0.3) is 0 Å². The second-order valence-electron chi connectivity index (χ2n) is 4.55. The van der Waals surface area contributed by atoms with E-state index in [1.54, 1.807) is 0 Å². The molecule has 3 heterocycles. The number of nitrogens with zero attached hydrogens (tertiary/aromatic N) is 4. The summed E-state index contributed by atoms with van der Waals surface area (Å²) in [6.45, 7) is -0.470. The van der Waals surface area contributed by atoms with E-state index in [-0.39, 0.29) is 11.7 Å². The number of fused-ring (bicyclic) bond motifs is 1. The monoisotopic (exact) mass is 301 g/mol. The molecule has 0 radical (unpaired) electrons. The van der Waals surface area contributed by atoms with Gasteiger partial charge in [-0.2, -0.15) is 0 Å². The predicted octanol–water partition coefficient (Wildman–Crippen LogP) is -2.39. The number of rotatable bonds is 2. The Balaban J connectivity index is 1.96. The van der Waals surface area contributed by atoms with E-state index < -0.39 is 36.1 Å². The zero-order valence-electron chi connectivity index (χ0n) is 10.1. The lowest BCUT2D eigenvalue weighted by molar-refractivity contribution is -0.0341. The minimum Gasteiger partial charge on any atom is -0.394 e. The van der Waals surface area contributed by atoms with Crippen LogP contribution >= 0.6 is 11.6 Å². The molecule has 108 valence electrons. The quantitative estimate of drug-likeness (QED) is 0.332. The van der Waals surface area contributed by atoms with Crippen LogP contribution in [0.2, 0.25) is 0 Å². The summed E-state index contributed by atoms with van der Waals surface area (Å²) in [6, 6.07) is 0. The Morgan fingerprint density at radius 1 is 1.35 bits per heavy atom. The first kappa shape index (κ1) is 13.6. The van der Waals surface area contributed by atoms with Gasteiger partial charge in [0.25, 0.3) is 5.12 Å². The Morgan fingerprint density at radius 2 is 2.10 bits per heavy atom. The van der Waals surface area contributed by atoms with Gasteiger partial charge in [-0.1, -0.05) is 11.6 Å². The summed E-state index contributed by atoms with van der Waals surface area (Å²) >= 11 is 6.26. The molecule has 5 N–H and O–H groups in total. The van der Waals surface area contributed by atoms with E-state index in [2.05, 4.69) is 20.0 Å². The van der Waals surface area contributed by atoms with Crippen LogP contribution in [0.15, 0.2) is 20.0 Å². The largest absolute Gasteiger partial charge is 0.394 e. The van der Waals surface area contributed by atoms with E-state index in [0.29, 0.717) is 5.71 Å². The molecule has 1 saturated heterocycles. The topological polar surface area (TPSA) is 145 Å². The van der Waals surface area contributed by atoms with Gasteiger partial charge in [-0.15, -0.1) is 0 Å². The average molecular weight is 302 g/mol. The van der Waals surface area contributed by atoms with Gasteiger partial charge < -0.3 is 25.8 Å². The molecule has 10 heteroatoms. The van der Waals surface area contributed by atoms with Crippen molar-refractivity contribution in [3.63, 3.8) is 0 Å². The number of hydrogen-bond acceptors (Lipinski definition) is 9. The Bertz CT molecular complexity index is 562. The number of aliphatic hydroxyl groups excluding tert-OH is 3. The van der Waals surface area contributed by atoms with Crippen molar-refractivity contribution in [2.45, 2.75) is 29.5 Å². The predicted molar refractivity (Wildman–Crippen MR) is 71.3 cm³/mol. The third kappa shape index (κ3) is 1.86. The van der Waals surface area contributed by atoms with Crippen molar-refractivity contribution in [2.24, 2.45) is 25.7 Å².